The van der Waals surface area contributed by atoms with Crippen LogP contribution in [-0.4, -0.2) is 35.1 Å². The summed E-state index contributed by atoms with van der Waals surface area (Å²) < 4.78 is 5.11. The van der Waals surface area contributed by atoms with E-state index in [-0.39, 0.29) is 6.54 Å². The monoisotopic (exact) mass is 226 g/mol. The van der Waals surface area contributed by atoms with Crippen LogP contribution in [0.3, 0.4) is 0 Å². The van der Waals surface area contributed by atoms with Crippen LogP contribution < -0.4 is 5.73 Å². The molecular formula is C11H18N2O3. The van der Waals surface area contributed by atoms with E-state index in [1.165, 1.54) is 6.92 Å². The Morgan fingerprint density at radius 2 is 2.00 bits per heavy atom. The number of ether oxygens (including phenoxy) is 1. The van der Waals surface area contributed by atoms with Gasteiger partial charge in [-0.15, -0.1) is 6.42 Å². The Morgan fingerprint density at radius 1 is 1.50 bits per heavy atom. The van der Waals surface area contributed by atoms with Crippen molar-refractivity contribution in [2.45, 2.75) is 39.3 Å². The molecule has 1 atom stereocenters. The van der Waals surface area contributed by atoms with Gasteiger partial charge in [0.15, 0.2) is 0 Å². The van der Waals surface area contributed by atoms with Gasteiger partial charge in [0.2, 0.25) is 5.91 Å². The predicted molar refractivity (Wildman–Crippen MR) is 60.4 cm³/mol. The standard InChI is InChI=1S/C11H18N2O3/c1-6-7-13(8(2)9(12)14)10(15)16-11(3,4)5/h1,8H,7H2,2-5H3,(H2,12,14)/t8-/m1/s1. The first-order valence-corrected chi connectivity index (χ1v) is 4.91. The predicted octanol–water partition coefficient (Wildman–Crippen LogP) is 0.730. The lowest BCUT2D eigenvalue weighted by Gasteiger charge is -2.28. The van der Waals surface area contributed by atoms with E-state index in [0.29, 0.717) is 0 Å². The first kappa shape index (κ1) is 14.3. The summed E-state index contributed by atoms with van der Waals surface area (Å²) in [7, 11) is 0. The van der Waals surface area contributed by atoms with Crippen LogP contribution in [0.25, 0.3) is 0 Å². The summed E-state index contributed by atoms with van der Waals surface area (Å²) in [6.45, 7) is 6.68. The number of carbonyl (C=O) groups excluding carboxylic acids is 2. The Hall–Kier alpha value is -1.70. The van der Waals surface area contributed by atoms with Crippen LogP contribution in [0.2, 0.25) is 0 Å². The molecule has 2 N–H and O–H groups in total. The molecule has 90 valence electrons. The Morgan fingerprint density at radius 3 is 2.31 bits per heavy atom. The highest BCUT2D eigenvalue weighted by atomic mass is 16.6. The van der Waals surface area contributed by atoms with Crippen molar-refractivity contribution in [3.05, 3.63) is 0 Å². The van der Waals surface area contributed by atoms with Crippen LogP contribution in [0.1, 0.15) is 27.7 Å². The molecule has 0 aliphatic heterocycles. The minimum absolute atomic E-state index is 0.0149. The second kappa shape index (κ2) is 5.40. The van der Waals surface area contributed by atoms with Gasteiger partial charge < -0.3 is 10.5 Å². The zero-order valence-electron chi connectivity index (χ0n) is 10.1. The van der Waals surface area contributed by atoms with Crippen molar-refractivity contribution >= 4 is 12.0 Å². The summed E-state index contributed by atoms with van der Waals surface area (Å²) in [6.07, 6.45) is 4.48. The van der Waals surface area contributed by atoms with E-state index in [4.69, 9.17) is 16.9 Å². The van der Waals surface area contributed by atoms with Crippen LogP contribution in [0.4, 0.5) is 4.79 Å². The molecule has 0 aliphatic carbocycles. The van der Waals surface area contributed by atoms with Gasteiger partial charge in [-0.2, -0.15) is 0 Å². The van der Waals surface area contributed by atoms with Gasteiger partial charge in [-0.3, -0.25) is 9.69 Å². The van der Waals surface area contributed by atoms with Gasteiger partial charge in [0, 0.05) is 0 Å². The van der Waals surface area contributed by atoms with Crippen LogP contribution in [-0.2, 0) is 9.53 Å². The molecule has 0 aromatic rings. The van der Waals surface area contributed by atoms with Crippen LogP contribution in [0.5, 0.6) is 0 Å². The van der Waals surface area contributed by atoms with Crippen molar-refractivity contribution < 1.29 is 14.3 Å². The molecule has 0 heterocycles. The average Bonchev–Trinajstić information content (AvgIpc) is 2.09. The second-order valence-electron chi connectivity index (χ2n) is 4.39. The normalized spacial score (nSPS) is 12.4. The lowest BCUT2D eigenvalue weighted by molar-refractivity contribution is -0.122. The molecule has 16 heavy (non-hydrogen) atoms. The topological polar surface area (TPSA) is 72.6 Å². The lowest BCUT2D eigenvalue weighted by atomic mass is 10.2. The molecule has 0 saturated heterocycles. The van der Waals surface area contributed by atoms with E-state index in [1.54, 1.807) is 20.8 Å². The smallest absolute Gasteiger partial charge is 0.411 e. The van der Waals surface area contributed by atoms with E-state index in [0.717, 1.165) is 4.90 Å². The van der Waals surface area contributed by atoms with Gasteiger partial charge in [0.25, 0.3) is 0 Å². The maximum atomic E-state index is 11.7. The van der Waals surface area contributed by atoms with Crippen LogP contribution >= 0.6 is 0 Å². The quantitative estimate of drug-likeness (QED) is 0.721. The second-order valence-corrected chi connectivity index (χ2v) is 4.39. The molecule has 0 saturated carbocycles. The van der Waals surface area contributed by atoms with E-state index in [1.807, 2.05) is 0 Å². The third kappa shape index (κ3) is 4.69. The van der Waals surface area contributed by atoms with Gasteiger partial charge >= 0.3 is 6.09 Å². The Bertz CT molecular complexity index is 312. The molecule has 0 unspecified atom stereocenters. The number of terminal acetylenes is 1. The summed E-state index contributed by atoms with van der Waals surface area (Å²) in [6, 6.07) is -0.786. The number of rotatable bonds is 3. The molecule has 0 fully saturated rings. The first-order chi connectivity index (χ1) is 7.19. The summed E-state index contributed by atoms with van der Waals surface area (Å²) in [5.41, 5.74) is 4.47. The summed E-state index contributed by atoms with van der Waals surface area (Å²) in [5.74, 6) is 1.66. The number of nitrogens with two attached hydrogens (primary N) is 1. The van der Waals surface area contributed by atoms with E-state index >= 15 is 0 Å². The van der Waals surface area contributed by atoms with E-state index < -0.39 is 23.6 Å². The van der Waals surface area contributed by atoms with Gasteiger partial charge in [-0.1, -0.05) is 5.92 Å². The number of hydrogen-bond donors (Lipinski definition) is 1. The highest BCUT2D eigenvalue weighted by Crippen LogP contribution is 2.11. The van der Waals surface area contributed by atoms with Gasteiger partial charge in [-0.25, -0.2) is 4.79 Å². The van der Waals surface area contributed by atoms with Crippen molar-refractivity contribution in [1.29, 1.82) is 0 Å². The molecule has 0 aromatic carbocycles. The lowest BCUT2D eigenvalue weighted by Crippen LogP contribution is -2.48. The zero-order valence-corrected chi connectivity index (χ0v) is 10.1. The summed E-state index contributed by atoms with van der Waals surface area (Å²) >= 11 is 0. The third-order valence-corrected chi connectivity index (χ3v) is 1.77. The molecule has 5 nitrogen and oxygen atoms in total. The number of primary amides is 1. The molecule has 0 rings (SSSR count). The number of amides is 2. The van der Waals surface area contributed by atoms with Crippen molar-refractivity contribution in [1.82, 2.24) is 4.90 Å². The molecule has 0 aliphatic rings. The average molecular weight is 226 g/mol. The Balaban J connectivity index is 4.74. The molecular weight excluding hydrogens is 208 g/mol. The number of hydrogen-bond acceptors (Lipinski definition) is 3. The zero-order chi connectivity index (χ0) is 12.9. The minimum atomic E-state index is -0.786. The number of carbonyl (C=O) groups is 2. The number of nitrogens with zero attached hydrogens (tertiary/aromatic N) is 1. The molecule has 5 heteroatoms. The molecule has 0 spiro atoms. The summed E-state index contributed by atoms with van der Waals surface area (Å²) in [5, 5.41) is 0. The summed E-state index contributed by atoms with van der Waals surface area (Å²) in [4.78, 5) is 23.8. The molecule has 0 radical (unpaired) electrons. The maximum Gasteiger partial charge on any atom is 0.411 e. The first-order valence-electron chi connectivity index (χ1n) is 4.91. The van der Waals surface area contributed by atoms with Gasteiger partial charge in [0.1, 0.15) is 11.6 Å². The Kier molecular flexibility index (Phi) is 4.83. The minimum Gasteiger partial charge on any atom is -0.444 e. The fraction of sp³-hybridized carbons (Fsp3) is 0.636. The molecule has 0 bridgehead atoms. The molecule has 2 amide bonds. The van der Waals surface area contributed by atoms with Gasteiger partial charge in [-0.05, 0) is 27.7 Å². The third-order valence-electron chi connectivity index (χ3n) is 1.77. The maximum absolute atomic E-state index is 11.7. The SMILES string of the molecule is C#CCN(C(=O)OC(C)(C)C)[C@H](C)C(N)=O. The van der Waals surface area contributed by atoms with Crippen molar-refractivity contribution in [3.8, 4) is 12.3 Å². The Labute approximate surface area is 95.9 Å². The largest absolute Gasteiger partial charge is 0.444 e. The van der Waals surface area contributed by atoms with Crippen LogP contribution in [0, 0.1) is 12.3 Å². The highest BCUT2D eigenvalue weighted by molar-refractivity contribution is 5.84. The highest BCUT2D eigenvalue weighted by Gasteiger charge is 2.27. The molecule has 0 aromatic heterocycles. The van der Waals surface area contributed by atoms with Crippen molar-refractivity contribution in [2.24, 2.45) is 5.73 Å². The van der Waals surface area contributed by atoms with Crippen LogP contribution in [0.15, 0.2) is 0 Å². The van der Waals surface area contributed by atoms with E-state index in [2.05, 4.69) is 5.92 Å². The fourth-order valence-electron chi connectivity index (χ4n) is 0.932. The van der Waals surface area contributed by atoms with Gasteiger partial charge in [0.05, 0.1) is 6.54 Å². The van der Waals surface area contributed by atoms with Crippen molar-refractivity contribution in [2.75, 3.05) is 6.54 Å². The van der Waals surface area contributed by atoms with E-state index in [9.17, 15) is 9.59 Å². The fourth-order valence-corrected chi connectivity index (χ4v) is 0.932. The van der Waals surface area contributed by atoms with Crippen molar-refractivity contribution in [3.63, 3.8) is 0 Å².